The first-order valence-electron chi connectivity index (χ1n) is 4.95. The van der Waals surface area contributed by atoms with Crippen LogP contribution in [0.5, 0.6) is 0 Å². The predicted molar refractivity (Wildman–Crippen MR) is 61.5 cm³/mol. The van der Waals surface area contributed by atoms with Gasteiger partial charge in [-0.25, -0.2) is 9.37 Å². The molecular formula is C11H6F4N2OS. The van der Waals surface area contributed by atoms with Crippen molar-refractivity contribution in [1.29, 1.82) is 0 Å². The second kappa shape index (κ2) is 4.96. The molecule has 3 nitrogen and oxygen atoms in total. The van der Waals surface area contributed by atoms with Gasteiger partial charge in [0.05, 0.1) is 11.1 Å². The largest absolute Gasteiger partial charge is 0.416 e. The molecule has 1 aromatic heterocycles. The molecule has 2 rings (SSSR count). The first-order valence-corrected chi connectivity index (χ1v) is 5.83. The molecule has 0 aliphatic heterocycles. The van der Waals surface area contributed by atoms with Gasteiger partial charge < -0.3 is 0 Å². The van der Waals surface area contributed by atoms with Crippen molar-refractivity contribution in [2.75, 3.05) is 5.32 Å². The summed E-state index contributed by atoms with van der Waals surface area (Å²) in [5, 5.41) is 3.97. The number of thiazole rings is 1. The average Bonchev–Trinajstić information content (AvgIpc) is 2.80. The zero-order valence-corrected chi connectivity index (χ0v) is 9.98. The summed E-state index contributed by atoms with van der Waals surface area (Å²) < 4.78 is 50.8. The lowest BCUT2D eigenvalue weighted by Crippen LogP contribution is -2.15. The molecular weight excluding hydrogens is 284 g/mol. The van der Waals surface area contributed by atoms with Crippen molar-refractivity contribution in [1.82, 2.24) is 4.98 Å². The fraction of sp³-hybridized carbons (Fsp3) is 0.0909. The summed E-state index contributed by atoms with van der Waals surface area (Å²) in [4.78, 5) is 15.4. The molecule has 0 unspecified atom stereocenters. The molecule has 0 fully saturated rings. The van der Waals surface area contributed by atoms with E-state index in [2.05, 4.69) is 10.3 Å². The van der Waals surface area contributed by atoms with Crippen LogP contribution in [0.4, 0.5) is 22.7 Å². The number of carbonyl (C=O) groups is 1. The predicted octanol–water partition coefficient (Wildman–Crippen LogP) is 3.55. The Labute approximate surface area is 108 Å². The Balaban J connectivity index is 2.31. The van der Waals surface area contributed by atoms with Gasteiger partial charge in [-0.15, -0.1) is 11.3 Å². The third kappa shape index (κ3) is 3.08. The van der Waals surface area contributed by atoms with Crippen LogP contribution in [-0.4, -0.2) is 10.9 Å². The van der Waals surface area contributed by atoms with E-state index in [4.69, 9.17) is 0 Å². The molecule has 100 valence electrons. The number of benzene rings is 1. The van der Waals surface area contributed by atoms with Crippen molar-refractivity contribution < 1.29 is 22.4 Å². The SMILES string of the molecule is O=C(Nc1nccs1)c1cc(C(F)(F)F)ccc1F. The molecule has 0 saturated heterocycles. The highest BCUT2D eigenvalue weighted by Crippen LogP contribution is 2.30. The monoisotopic (exact) mass is 290 g/mol. The first-order chi connectivity index (χ1) is 8.88. The highest BCUT2D eigenvalue weighted by Gasteiger charge is 2.32. The van der Waals surface area contributed by atoms with Gasteiger partial charge in [0.1, 0.15) is 5.82 Å². The molecule has 0 aliphatic rings. The van der Waals surface area contributed by atoms with Crippen LogP contribution < -0.4 is 5.32 Å². The second-order valence-corrected chi connectivity index (χ2v) is 4.38. The maximum absolute atomic E-state index is 13.4. The van der Waals surface area contributed by atoms with E-state index in [0.717, 1.165) is 11.3 Å². The standard InChI is InChI=1S/C11H6F4N2OS/c12-8-2-1-6(11(13,14)15)5-7(8)9(18)17-10-16-3-4-19-10/h1-5H,(H,16,17,18). The number of hydrogen-bond acceptors (Lipinski definition) is 3. The van der Waals surface area contributed by atoms with Crippen LogP contribution in [0.15, 0.2) is 29.8 Å². The maximum atomic E-state index is 13.4. The molecule has 0 bridgehead atoms. The summed E-state index contributed by atoms with van der Waals surface area (Å²) in [6.45, 7) is 0. The highest BCUT2D eigenvalue weighted by molar-refractivity contribution is 7.13. The molecule has 1 aromatic carbocycles. The molecule has 1 N–H and O–H groups in total. The fourth-order valence-electron chi connectivity index (χ4n) is 1.33. The zero-order valence-electron chi connectivity index (χ0n) is 9.16. The third-order valence-corrected chi connectivity index (χ3v) is 2.88. The van der Waals surface area contributed by atoms with Crippen LogP contribution in [0.2, 0.25) is 0 Å². The van der Waals surface area contributed by atoms with Gasteiger partial charge in [-0.3, -0.25) is 10.1 Å². The number of alkyl halides is 3. The molecule has 0 radical (unpaired) electrons. The van der Waals surface area contributed by atoms with Gasteiger partial charge >= 0.3 is 6.18 Å². The number of halogens is 4. The van der Waals surface area contributed by atoms with E-state index < -0.39 is 29.0 Å². The van der Waals surface area contributed by atoms with E-state index in [1.807, 2.05) is 0 Å². The Hall–Kier alpha value is -1.96. The van der Waals surface area contributed by atoms with Crippen LogP contribution in [0.25, 0.3) is 0 Å². The lowest BCUT2D eigenvalue weighted by atomic mass is 10.1. The van der Waals surface area contributed by atoms with Crippen molar-refractivity contribution in [3.8, 4) is 0 Å². The fourth-order valence-corrected chi connectivity index (χ4v) is 1.85. The summed E-state index contributed by atoms with van der Waals surface area (Å²) >= 11 is 1.07. The van der Waals surface area contributed by atoms with Crippen molar-refractivity contribution in [3.63, 3.8) is 0 Å². The van der Waals surface area contributed by atoms with Gasteiger partial charge in [-0.1, -0.05) is 0 Å². The summed E-state index contributed by atoms with van der Waals surface area (Å²) in [5.41, 5.74) is -1.76. The highest BCUT2D eigenvalue weighted by atomic mass is 32.1. The Kier molecular flexibility index (Phi) is 3.52. The number of nitrogens with zero attached hydrogens (tertiary/aromatic N) is 1. The molecule has 1 heterocycles. The third-order valence-electron chi connectivity index (χ3n) is 2.19. The Bertz CT molecular complexity index is 595. The Morgan fingerprint density at radius 2 is 2.05 bits per heavy atom. The lowest BCUT2D eigenvalue weighted by molar-refractivity contribution is -0.137. The smallest absolute Gasteiger partial charge is 0.298 e. The lowest BCUT2D eigenvalue weighted by Gasteiger charge is -2.09. The molecule has 0 spiro atoms. The van der Waals surface area contributed by atoms with Crippen molar-refractivity contribution in [2.45, 2.75) is 6.18 Å². The van der Waals surface area contributed by atoms with Crippen LogP contribution >= 0.6 is 11.3 Å². The van der Waals surface area contributed by atoms with Gasteiger partial charge in [0, 0.05) is 11.6 Å². The van der Waals surface area contributed by atoms with Crippen LogP contribution in [0.3, 0.4) is 0 Å². The minimum atomic E-state index is -4.64. The molecule has 19 heavy (non-hydrogen) atoms. The van der Waals surface area contributed by atoms with Crippen LogP contribution in [0, 0.1) is 5.82 Å². The summed E-state index contributed by atoms with van der Waals surface area (Å²) in [6.07, 6.45) is -3.23. The minimum Gasteiger partial charge on any atom is -0.298 e. The zero-order chi connectivity index (χ0) is 14.0. The van der Waals surface area contributed by atoms with E-state index >= 15 is 0 Å². The molecule has 2 aromatic rings. The number of rotatable bonds is 2. The molecule has 1 amide bonds. The topological polar surface area (TPSA) is 42.0 Å². The number of nitrogens with one attached hydrogen (secondary N) is 1. The number of anilines is 1. The van der Waals surface area contributed by atoms with Gasteiger partial charge in [-0.2, -0.15) is 13.2 Å². The first kappa shape index (κ1) is 13.5. The van der Waals surface area contributed by atoms with Gasteiger partial charge in [-0.05, 0) is 18.2 Å². The summed E-state index contributed by atoms with van der Waals surface area (Å²) in [5.74, 6) is -2.00. The van der Waals surface area contributed by atoms with Gasteiger partial charge in [0.15, 0.2) is 5.13 Å². The van der Waals surface area contributed by atoms with E-state index in [-0.39, 0.29) is 5.13 Å². The van der Waals surface area contributed by atoms with Crippen molar-refractivity contribution in [3.05, 3.63) is 46.7 Å². The van der Waals surface area contributed by atoms with Crippen molar-refractivity contribution >= 4 is 22.4 Å². The average molecular weight is 290 g/mol. The van der Waals surface area contributed by atoms with Crippen LogP contribution in [-0.2, 0) is 6.18 Å². The quantitative estimate of drug-likeness (QED) is 0.859. The molecule has 0 saturated carbocycles. The Morgan fingerprint density at radius 1 is 1.32 bits per heavy atom. The van der Waals surface area contributed by atoms with E-state index in [9.17, 15) is 22.4 Å². The maximum Gasteiger partial charge on any atom is 0.416 e. The number of amides is 1. The number of aromatic nitrogens is 1. The van der Waals surface area contributed by atoms with E-state index in [0.29, 0.717) is 18.2 Å². The normalized spacial score (nSPS) is 11.4. The summed E-state index contributed by atoms with van der Waals surface area (Å²) in [6, 6.07) is 1.66. The van der Waals surface area contributed by atoms with E-state index in [1.54, 1.807) is 5.38 Å². The summed E-state index contributed by atoms with van der Waals surface area (Å²) in [7, 11) is 0. The number of carbonyl (C=O) groups excluding carboxylic acids is 1. The molecule has 0 aliphatic carbocycles. The van der Waals surface area contributed by atoms with E-state index in [1.165, 1.54) is 6.20 Å². The molecule has 0 atom stereocenters. The minimum absolute atomic E-state index is 0.182. The van der Waals surface area contributed by atoms with Gasteiger partial charge in [0.25, 0.3) is 5.91 Å². The van der Waals surface area contributed by atoms with Crippen LogP contribution in [0.1, 0.15) is 15.9 Å². The second-order valence-electron chi connectivity index (χ2n) is 3.48. The number of hydrogen-bond donors (Lipinski definition) is 1. The van der Waals surface area contributed by atoms with Gasteiger partial charge in [0.2, 0.25) is 0 Å². The molecule has 8 heteroatoms. The Morgan fingerprint density at radius 3 is 2.63 bits per heavy atom. The van der Waals surface area contributed by atoms with Crippen molar-refractivity contribution in [2.24, 2.45) is 0 Å².